The van der Waals surface area contributed by atoms with Crippen LogP contribution in [0.4, 0.5) is 0 Å². The molecule has 4 heteroatoms. The average Bonchev–Trinajstić information content (AvgIpc) is 2.35. The van der Waals surface area contributed by atoms with Gasteiger partial charge in [0.25, 0.3) is 0 Å². The molecule has 3 nitrogen and oxygen atoms in total. The first-order chi connectivity index (χ1) is 5.59. The highest BCUT2D eigenvalue weighted by atomic mass is 32.1. The molecule has 0 aromatic carbocycles. The van der Waals surface area contributed by atoms with Crippen LogP contribution < -0.4 is 5.73 Å². The van der Waals surface area contributed by atoms with Crippen LogP contribution in [0.3, 0.4) is 0 Å². The maximum atomic E-state index is 10.4. The number of hydrogen-bond donors (Lipinski definition) is 2. The first-order valence-corrected chi connectivity index (χ1v) is 4.45. The van der Waals surface area contributed by atoms with Gasteiger partial charge in [0.2, 0.25) is 0 Å². The molecule has 3 N–H and O–H groups in total. The van der Waals surface area contributed by atoms with Crippen LogP contribution >= 0.6 is 11.3 Å². The summed E-state index contributed by atoms with van der Waals surface area (Å²) in [5.74, 6) is -0.943. The Morgan fingerprint density at radius 3 is 2.83 bits per heavy atom. The molecule has 1 atom stereocenters. The Hall–Kier alpha value is -0.870. The summed E-state index contributed by atoms with van der Waals surface area (Å²) in [4.78, 5) is 12.6. The van der Waals surface area contributed by atoms with Crippen molar-refractivity contribution in [2.75, 3.05) is 0 Å². The second-order valence-corrected chi connectivity index (χ2v) is 4.03. The SMILES string of the molecule is Cc1ccc(C[C@H](N)C(=O)O)s1. The average molecular weight is 185 g/mol. The fourth-order valence-corrected chi connectivity index (χ4v) is 1.85. The van der Waals surface area contributed by atoms with Gasteiger partial charge in [0.15, 0.2) is 0 Å². The molecule has 1 aromatic rings. The van der Waals surface area contributed by atoms with Crippen LogP contribution in [0, 0.1) is 6.92 Å². The lowest BCUT2D eigenvalue weighted by molar-refractivity contribution is -0.138. The number of nitrogens with two attached hydrogens (primary N) is 1. The van der Waals surface area contributed by atoms with Gasteiger partial charge in [-0.3, -0.25) is 4.79 Å². The van der Waals surface area contributed by atoms with E-state index in [1.165, 1.54) is 4.88 Å². The molecule has 0 aliphatic carbocycles. The van der Waals surface area contributed by atoms with Gasteiger partial charge in [-0.05, 0) is 19.1 Å². The number of aliphatic carboxylic acids is 1. The predicted octanol–water partition coefficient (Wildman–Crippen LogP) is 1.01. The summed E-state index contributed by atoms with van der Waals surface area (Å²) in [5, 5.41) is 8.53. The van der Waals surface area contributed by atoms with E-state index in [1.807, 2.05) is 19.1 Å². The molecule has 0 unspecified atom stereocenters. The molecule has 1 heterocycles. The number of aryl methyl sites for hydroxylation is 1. The summed E-state index contributed by atoms with van der Waals surface area (Å²) in [6.45, 7) is 1.99. The number of thiophene rings is 1. The van der Waals surface area contributed by atoms with Gasteiger partial charge in [0.1, 0.15) is 6.04 Å². The Kier molecular flexibility index (Phi) is 2.83. The van der Waals surface area contributed by atoms with Gasteiger partial charge in [-0.1, -0.05) is 0 Å². The van der Waals surface area contributed by atoms with E-state index in [0.29, 0.717) is 6.42 Å². The van der Waals surface area contributed by atoms with Gasteiger partial charge in [-0.2, -0.15) is 0 Å². The van der Waals surface area contributed by atoms with Crippen molar-refractivity contribution in [2.24, 2.45) is 5.73 Å². The number of hydrogen-bond acceptors (Lipinski definition) is 3. The highest BCUT2D eigenvalue weighted by molar-refractivity contribution is 7.11. The fourth-order valence-electron chi connectivity index (χ4n) is 0.899. The van der Waals surface area contributed by atoms with Crippen molar-refractivity contribution in [1.29, 1.82) is 0 Å². The summed E-state index contributed by atoms with van der Waals surface area (Å²) in [6.07, 6.45) is 0.424. The third-order valence-electron chi connectivity index (χ3n) is 1.53. The van der Waals surface area contributed by atoms with E-state index in [4.69, 9.17) is 10.8 Å². The molecular weight excluding hydrogens is 174 g/mol. The van der Waals surface area contributed by atoms with Crippen LogP contribution in [-0.2, 0) is 11.2 Å². The quantitative estimate of drug-likeness (QED) is 0.738. The topological polar surface area (TPSA) is 63.3 Å². The Balaban J connectivity index is 2.58. The molecule has 0 amide bonds. The molecule has 0 bridgehead atoms. The molecule has 0 fully saturated rings. The van der Waals surface area contributed by atoms with Crippen LogP contribution in [0.25, 0.3) is 0 Å². The Bertz CT molecular complexity index is 282. The van der Waals surface area contributed by atoms with Gasteiger partial charge in [0.05, 0.1) is 0 Å². The van der Waals surface area contributed by atoms with Crippen LogP contribution in [0.15, 0.2) is 12.1 Å². The van der Waals surface area contributed by atoms with Gasteiger partial charge in [-0.25, -0.2) is 0 Å². The second kappa shape index (κ2) is 3.69. The third-order valence-corrected chi connectivity index (χ3v) is 2.56. The number of carboxylic acids is 1. The minimum absolute atomic E-state index is 0.424. The molecule has 12 heavy (non-hydrogen) atoms. The normalized spacial score (nSPS) is 12.8. The number of carboxylic acid groups (broad SMARTS) is 1. The van der Waals surface area contributed by atoms with E-state index in [1.54, 1.807) is 11.3 Å². The van der Waals surface area contributed by atoms with E-state index in [2.05, 4.69) is 0 Å². The van der Waals surface area contributed by atoms with E-state index >= 15 is 0 Å². The van der Waals surface area contributed by atoms with E-state index in [9.17, 15) is 4.79 Å². The summed E-state index contributed by atoms with van der Waals surface area (Å²) < 4.78 is 0. The summed E-state index contributed by atoms with van der Waals surface area (Å²) >= 11 is 1.59. The molecule has 0 saturated heterocycles. The Morgan fingerprint density at radius 2 is 2.42 bits per heavy atom. The Morgan fingerprint density at radius 1 is 1.75 bits per heavy atom. The molecular formula is C8H11NO2S. The standard InChI is InChI=1S/C8H11NO2S/c1-5-2-3-6(12-5)4-7(9)8(10)11/h2-3,7H,4,9H2,1H3,(H,10,11)/t7-/m0/s1. The number of carbonyl (C=O) groups is 1. The van der Waals surface area contributed by atoms with Gasteiger partial charge in [0, 0.05) is 16.2 Å². The zero-order valence-electron chi connectivity index (χ0n) is 6.78. The molecule has 1 rings (SSSR count). The molecule has 0 aliphatic heterocycles. The zero-order valence-corrected chi connectivity index (χ0v) is 7.60. The lowest BCUT2D eigenvalue weighted by Gasteiger charge is -2.02. The molecule has 66 valence electrons. The highest BCUT2D eigenvalue weighted by Crippen LogP contribution is 2.16. The molecule has 0 saturated carbocycles. The van der Waals surface area contributed by atoms with Crippen LogP contribution in [0.2, 0.25) is 0 Å². The monoisotopic (exact) mass is 185 g/mol. The van der Waals surface area contributed by atoms with Gasteiger partial charge in [-0.15, -0.1) is 11.3 Å². The maximum Gasteiger partial charge on any atom is 0.320 e. The zero-order chi connectivity index (χ0) is 9.14. The second-order valence-electron chi connectivity index (χ2n) is 2.66. The minimum atomic E-state index is -0.943. The molecule has 0 aliphatic rings. The largest absolute Gasteiger partial charge is 0.480 e. The van der Waals surface area contributed by atoms with Gasteiger partial charge >= 0.3 is 5.97 Å². The minimum Gasteiger partial charge on any atom is -0.480 e. The van der Waals surface area contributed by atoms with Crippen LogP contribution in [0.5, 0.6) is 0 Å². The summed E-state index contributed by atoms with van der Waals surface area (Å²) in [5.41, 5.74) is 5.36. The van der Waals surface area contributed by atoms with Crippen molar-refractivity contribution in [1.82, 2.24) is 0 Å². The van der Waals surface area contributed by atoms with Crippen molar-refractivity contribution in [2.45, 2.75) is 19.4 Å². The molecule has 0 radical (unpaired) electrons. The third kappa shape index (κ3) is 2.32. The van der Waals surface area contributed by atoms with E-state index in [0.717, 1.165) is 4.88 Å². The van der Waals surface area contributed by atoms with Crippen molar-refractivity contribution in [3.63, 3.8) is 0 Å². The predicted molar refractivity (Wildman–Crippen MR) is 48.4 cm³/mol. The Labute approximate surface area is 74.8 Å². The van der Waals surface area contributed by atoms with E-state index < -0.39 is 12.0 Å². The van der Waals surface area contributed by atoms with Crippen LogP contribution in [-0.4, -0.2) is 17.1 Å². The first kappa shape index (κ1) is 9.22. The lowest BCUT2D eigenvalue weighted by atomic mass is 10.2. The van der Waals surface area contributed by atoms with Crippen LogP contribution in [0.1, 0.15) is 9.75 Å². The van der Waals surface area contributed by atoms with Crippen molar-refractivity contribution in [3.8, 4) is 0 Å². The number of rotatable bonds is 3. The van der Waals surface area contributed by atoms with Gasteiger partial charge < -0.3 is 10.8 Å². The molecule has 0 spiro atoms. The smallest absolute Gasteiger partial charge is 0.320 e. The molecule has 1 aromatic heterocycles. The highest BCUT2D eigenvalue weighted by Gasteiger charge is 2.12. The lowest BCUT2D eigenvalue weighted by Crippen LogP contribution is -2.31. The van der Waals surface area contributed by atoms with Crippen molar-refractivity contribution in [3.05, 3.63) is 21.9 Å². The van der Waals surface area contributed by atoms with Crippen molar-refractivity contribution < 1.29 is 9.90 Å². The maximum absolute atomic E-state index is 10.4. The van der Waals surface area contributed by atoms with Crippen molar-refractivity contribution >= 4 is 17.3 Å². The fraction of sp³-hybridized carbons (Fsp3) is 0.375. The van der Waals surface area contributed by atoms with E-state index in [-0.39, 0.29) is 0 Å². The first-order valence-electron chi connectivity index (χ1n) is 3.63. The summed E-state index contributed by atoms with van der Waals surface area (Å²) in [6, 6.07) is 3.11. The summed E-state index contributed by atoms with van der Waals surface area (Å²) in [7, 11) is 0.